The lowest BCUT2D eigenvalue weighted by atomic mass is 10.3. The fourth-order valence-corrected chi connectivity index (χ4v) is 1.61. The fourth-order valence-electron chi connectivity index (χ4n) is 1.23. The molecule has 3 N–H and O–H groups in total. The molecule has 2 atom stereocenters. The van der Waals surface area contributed by atoms with E-state index in [0.717, 1.165) is 0 Å². The molecule has 0 rings (SSSR count). The molecule has 2 unspecified atom stereocenters. The van der Waals surface area contributed by atoms with Crippen molar-refractivity contribution in [3.63, 3.8) is 0 Å². The van der Waals surface area contributed by atoms with Crippen molar-refractivity contribution in [1.82, 2.24) is 16.0 Å². The average molecular weight is 261 g/mol. The summed E-state index contributed by atoms with van der Waals surface area (Å²) in [5, 5.41) is 9.23. The molecule has 100 valence electrons. The van der Waals surface area contributed by atoms with Crippen LogP contribution in [0.1, 0.15) is 27.7 Å². The summed E-state index contributed by atoms with van der Waals surface area (Å²) in [5.74, 6) is -0.0662. The molecule has 0 radical (unpaired) electrons. The van der Waals surface area contributed by atoms with Crippen molar-refractivity contribution in [2.45, 2.75) is 45.8 Å². The SMILES string of the molecule is COCC(C)NC(=S)NC(C)C(=O)NC(C)C. The number of thiocarbonyl (C=S) groups is 1. The molecule has 0 fully saturated rings. The maximum Gasteiger partial charge on any atom is 0.242 e. The van der Waals surface area contributed by atoms with E-state index in [2.05, 4.69) is 16.0 Å². The van der Waals surface area contributed by atoms with E-state index in [4.69, 9.17) is 17.0 Å². The number of carbonyl (C=O) groups excluding carboxylic acids is 1. The smallest absolute Gasteiger partial charge is 0.242 e. The monoisotopic (exact) mass is 261 g/mol. The molecule has 0 bridgehead atoms. The van der Waals surface area contributed by atoms with Gasteiger partial charge in [0.05, 0.1) is 6.61 Å². The molecule has 1 amide bonds. The molecule has 0 saturated heterocycles. The number of nitrogens with one attached hydrogen (secondary N) is 3. The van der Waals surface area contributed by atoms with Crippen molar-refractivity contribution in [2.75, 3.05) is 13.7 Å². The molecule has 6 heteroatoms. The standard InChI is InChI=1S/C11H23N3O2S/c1-7(2)12-10(15)9(4)14-11(17)13-8(3)6-16-5/h7-9H,6H2,1-5H3,(H,12,15)(H2,13,14,17). The van der Waals surface area contributed by atoms with Gasteiger partial charge in [0.2, 0.25) is 5.91 Å². The number of methoxy groups -OCH3 is 1. The van der Waals surface area contributed by atoms with Crippen LogP contribution in [0, 0.1) is 0 Å². The average Bonchev–Trinajstić information content (AvgIpc) is 2.16. The van der Waals surface area contributed by atoms with E-state index in [1.54, 1.807) is 14.0 Å². The van der Waals surface area contributed by atoms with E-state index in [1.807, 2.05) is 20.8 Å². The van der Waals surface area contributed by atoms with Gasteiger partial charge in [0.25, 0.3) is 0 Å². The van der Waals surface area contributed by atoms with Gasteiger partial charge in [-0.05, 0) is 39.9 Å². The van der Waals surface area contributed by atoms with Crippen LogP contribution in [0.25, 0.3) is 0 Å². The molecule has 0 saturated carbocycles. The third kappa shape index (κ3) is 7.93. The molecule has 0 spiro atoms. The van der Waals surface area contributed by atoms with Crippen LogP contribution in [0.15, 0.2) is 0 Å². The molecule has 0 heterocycles. The van der Waals surface area contributed by atoms with Crippen LogP contribution in [-0.2, 0) is 9.53 Å². The maximum absolute atomic E-state index is 11.6. The van der Waals surface area contributed by atoms with E-state index in [1.165, 1.54) is 0 Å². The van der Waals surface area contributed by atoms with Crippen LogP contribution >= 0.6 is 12.2 Å². The predicted octanol–water partition coefficient (Wildman–Crippen LogP) is 0.399. The second-order valence-corrected chi connectivity index (χ2v) is 4.77. The van der Waals surface area contributed by atoms with Crippen molar-refractivity contribution >= 4 is 23.2 Å². The van der Waals surface area contributed by atoms with Gasteiger partial charge in [-0.1, -0.05) is 0 Å². The number of amides is 1. The third-order valence-corrected chi connectivity index (χ3v) is 2.20. The number of hydrogen-bond donors (Lipinski definition) is 3. The fraction of sp³-hybridized carbons (Fsp3) is 0.818. The van der Waals surface area contributed by atoms with Gasteiger partial charge in [-0.15, -0.1) is 0 Å². The molecular weight excluding hydrogens is 238 g/mol. The highest BCUT2D eigenvalue weighted by atomic mass is 32.1. The van der Waals surface area contributed by atoms with Gasteiger partial charge in [0.1, 0.15) is 6.04 Å². The normalized spacial score (nSPS) is 14.0. The summed E-state index contributed by atoms with van der Waals surface area (Å²) in [4.78, 5) is 11.6. The van der Waals surface area contributed by atoms with E-state index >= 15 is 0 Å². The summed E-state index contributed by atoms with van der Waals surface area (Å²) in [6.07, 6.45) is 0. The van der Waals surface area contributed by atoms with Gasteiger partial charge in [-0.2, -0.15) is 0 Å². The zero-order chi connectivity index (χ0) is 13.4. The van der Waals surface area contributed by atoms with Crippen molar-refractivity contribution < 1.29 is 9.53 Å². The van der Waals surface area contributed by atoms with E-state index in [0.29, 0.717) is 11.7 Å². The highest BCUT2D eigenvalue weighted by molar-refractivity contribution is 7.80. The van der Waals surface area contributed by atoms with E-state index in [-0.39, 0.29) is 24.0 Å². The molecule has 0 aliphatic carbocycles. The molecule has 0 aromatic carbocycles. The first-order valence-corrected chi connectivity index (χ1v) is 6.14. The van der Waals surface area contributed by atoms with E-state index in [9.17, 15) is 4.79 Å². The lowest BCUT2D eigenvalue weighted by Gasteiger charge is -2.20. The minimum atomic E-state index is -0.354. The van der Waals surface area contributed by atoms with Crippen LogP contribution in [0.2, 0.25) is 0 Å². The first kappa shape index (κ1) is 16.1. The Kier molecular flexibility index (Phi) is 7.82. The topological polar surface area (TPSA) is 62.4 Å². The first-order chi connectivity index (χ1) is 7.86. The van der Waals surface area contributed by atoms with E-state index < -0.39 is 0 Å². The molecule has 17 heavy (non-hydrogen) atoms. The largest absolute Gasteiger partial charge is 0.383 e. The Labute approximate surface area is 109 Å². The molecule has 0 aromatic heterocycles. The molecule has 5 nitrogen and oxygen atoms in total. The summed E-state index contributed by atoms with van der Waals surface area (Å²) in [5.41, 5.74) is 0. The quantitative estimate of drug-likeness (QED) is 0.604. The molecule has 0 aromatic rings. The Hall–Kier alpha value is -0.880. The van der Waals surface area contributed by atoms with Gasteiger partial charge < -0.3 is 20.7 Å². The highest BCUT2D eigenvalue weighted by Gasteiger charge is 2.14. The van der Waals surface area contributed by atoms with Crippen molar-refractivity contribution in [2.24, 2.45) is 0 Å². The summed E-state index contributed by atoms with van der Waals surface area (Å²) < 4.78 is 4.98. The third-order valence-electron chi connectivity index (χ3n) is 1.97. The molecule has 0 aliphatic rings. The predicted molar refractivity (Wildman–Crippen MR) is 72.9 cm³/mol. The van der Waals surface area contributed by atoms with Crippen LogP contribution in [0.4, 0.5) is 0 Å². The second-order valence-electron chi connectivity index (χ2n) is 4.36. The Bertz CT molecular complexity index is 259. The number of rotatable bonds is 6. The van der Waals surface area contributed by atoms with Gasteiger partial charge in [-0.25, -0.2) is 0 Å². The first-order valence-electron chi connectivity index (χ1n) is 5.73. The molecule has 0 aliphatic heterocycles. The minimum Gasteiger partial charge on any atom is -0.383 e. The van der Waals surface area contributed by atoms with Crippen LogP contribution in [0.3, 0.4) is 0 Å². The lowest BCUT2D eigenvalue weighted by Crippen LogP contribution is -2.51. The second kappa shape index (κ2) is 8.25. The van der Waals surface area contributed by atoms with Crippen LogP contribution < -0.4 is 16.0 Å². The van der Waals surface area contributed by atoms with Crippen molar-refractivity contribution in [3.05, 3.63) is 0 Å². The summed E-state index contributed by atoms with van der Waals surface area (Å²) >= 11 is 5.10. The van der Waals surface area contributed by atoms with Gasteiger partial charge in [0, 0.05) is 19.2 Å². The van der Waals surface area contributed by atoms with Crippen LogP contribution in [-0.4, -0.2) is 42.9 Å². The zero-order valence-corrected chi connectivity index (χ0v) is 12.0. The summed E-state index contributed by atoms with van der Waals surface area (Å²) in [7, 11) is 1.63. The lowest BCUT2D eigenvalue weighted by molar-refractivity contribution is -0.122. The highest BCUT2D eigenvalue weighted by Crippen LogP contribution is 1.88. The summed E-state index contributed by atoms with van der Waals surface area (Å²) in [6, 6.07) is -0.117. The maximum atomic E-state index is 11.6. The zero-order valence-electron chi connectivity index (χ0n) is 11.2. The van der Waals surface area contributed by atoms with Gasteiger partial charge >= 0.3 is 0 Å². The van der Waals surface area contributed by atoms with Crippen molar-refractivity contribution in [1.29, 1.82) is 0 Å². The van der Waals surface area contributed by atoms with Crippen LogP contribution in [0.5, 0.6) is 0 Å². The summed E-state index contributed by atoms with van der Waals surface area (Å²) in [6.45, 7) is 8.13. The molecular formula is C11H23N3O2S. The van der Waals surface area contributed by atoms with Gasteiger partial charge in [0.15, 0.2) is 5.11 Å². The number of ether oxygens (including phenoxy) is 1. The Balaban J connectivity index is 3.98. The number of hydrogen-bond acceptors (Lipinski definition) is 3. The Morgan fingerprint density at radius 1 is 1.18 bits per heavy atom. The minimum absolute atomic E-state index is 0.0662. The van der Waals surface area contributed by atoms with Crippen molar-refractivity contribution in [3.8, 4) is 0 Å². The number of carbonyl (C=O) groups is 1. The Morgan fingerprint density at radius 2 is 1.76 bits per heavy atom. The van der Waals surface area contributed by atoms with Gasteiger partial charge in [-0.3, -0.25) is 4.79 Å². The Morgan fingerprint density at radius 3 is 2.24 bits per heavy atom.